The van der Waals surface area contributed by atoms with E-state index in [2.05, 4.69) is 15.4 Å². The summed E-state index contributed by atoms with van der Waals surface area (Å²) >= 11 is 1.50. The Bertz CT molecular complexity index is 940. The predicted molar refractivity (Wildman–Crippen MR) is 110 cm³/mol. The number of benzene rings is 1. The van der Waals surface area contributed by atoms with Gasteiger partial charge in [0.1, 0.15) is 5.82 Å². The molecule has 148 valence electrons. The van der Waals surface area contributed by atoms with Gasteiger partial charge >= 0.3 is 0 Å². The van der Waals surface area contributed by atoms with Crippen LogP contribution in [0.3, 0.4) is 0 Å². The van der Waals surface area contributed by atoms with Crippen LogP contribution < -0.4 is 5.32 Å². The van der Waals surface area contributed by atoms with Crippen LogP contribution in [0.2, 0.25) is 0 Å². The van der Waals surface area contributed by atoms with Crippen molar-refractivity contribution in [1.29, 1.82) is 0 Å². The number of carbonyl (C=O) groups excluding carboxylic acids is 1. The maximum atomic E-state index is 13.7. The Labute approximate surface area is 172 Å². The van der Waals surface area contributed by atoms with Gasteiger partial charge in [0.15, 0.2) is 5.82 Å². The van der Waals surface area contributed by atoms with E-state index in [4.69, 9.17) is 0 Å². The number of amides is 1. The lowest BCUT2D eigenvalue weighted by Crippen LogP contribution is -2.44. The smallest absolute Gasteiger partial charge is 0.293 e. The molecule has 0 radical (unpaired) electrons. The van der Waals surface area contributed by atoms with E-state index in [0.29, 0.717) is 11.5 Å². The summed E-state index contributed by atoms with van der Waals surface area (Å²) in [5.74, 6) is 0.0936. The molecule has 0 atom stereocenters. The molecule has 3 heterocycles. The van der Waals surface area contributed by atoms with Crippen molar-refractivity contribution in [3.8, 4) is 16.4 Å². The third-order valence-corrected chi connectivity index (χ3v) is 5.64. The van der Waals surface area contributed by atoms with Gasteiger partial charge in [0, 0.05) is 13.1 Å². The molecule has 9 heteroatoms. The molecule has 1 fully saturated rings. The number of nitrogens with one attached hydrogen (secondary N) is 1. The Morgan fingerprint density at radius 2 is 2.07 bits per heavy atom. The number of nitrogens with zero attached hydrogens (tertiary/aromatic N) is 4. The van der Waals surface area contributed by atoms with Crippen molar-refractivity contribution < 1.29 is 9.18 Å². The number of carbonyl (C=O) groups is 1. The summed E-state index contributed by atoms with van der Waals surface area (Å²) in [5.41, 5.74) is 0.537. The Morgan fingerprint density at radius 3 is 2.75 bits per heavy atom. The molecule has 1 amide bonds. The van der Waals surface area contributed by atoms with E-state index < -0.39 is 0 Å². The highest BCUT2D eigenvalue weighted by Crippen LogP contribution is 2.26. The van der Waals surface area contributed by atoms with Gasteiger partial charge in [0.05, 0.1) is 10.6 Å². The molecule has 4 rings (SSSR count). The molecule has 0 spiro atoms. The average molecular weight is 422 g/mol. The quantitative estimate of drug-likeness (QED) is 0.701. The highest BCUT2D eigenvalue weighted by Gasteiger charge is 2.27. The van der Waals surface area contributed by atoms with Gasteiger partial charge in [-0.1, -0.05) is 12.1 Å². The van der Waals surface area contributed by atoms with Crippen LogP contribution in [0.1, 0.15) is 23.5 Å². The lowest BCUT2D eigenvalue weighted by molar-refractivity contribution is 0.0691. The Balaban J connectivity index is 0.00000225. The lowest BCUT2D eigenvalue weighted by Gasteiger charge is -2.30. The highest BCUT2D eigenvalue weighted by atomic mass is 35.5. The second-order valence-electron chi connectivity index (χ2n) is 6.53. The summed E-state index contributed by atoms with van der Waals surface area (Å²) < 4.78 is 15.3. The zero-order valence-electron chi connectivity index (χ0n) is 15.3. The number of rotatable bonds is 4. The first-order valence-corrected chi connectivity index (χ1v) is 9.76. The number of hydrogen-bond donors (Lipinski definition) is 1. The van der Waals surface area contributed by atoms with Crippen LogP contribution in [0.25, 0.3) is 16.4 Å². The SMILES string of the molecule is CN(C(=O)c1nc(-c2cccs2)n(-c2cccc(F)c2)n1)C1CCNCC1.Cl. The van der Waals surface area contributed by atoms with Crippen LogP contribution in [-0.4, -0.2) is 51.8 Å². The normalized spacial score (nSPS) is 14.5. The third-order valence-electron chi connectivity index (χ3n) is 4.77. The number of aromatic nitrogens is 3. The van der Waals surface area contributed by atoms with Crippen molar-refractivity contribution in [2.24, 2.45) is 0 Å². The molecule has 3 aromatic rings. The van der Waals surface area contributed by atoms with Crippen molar-refractivity contribution in [1.82, 2.24) is 25.0 Å². The standard InChI is InChI=1S/C19H20FN5OS.ClH/c1-24(14-7-9-21-10-8-14)19(26)17-22-18(16-6-3-11-27-16)25(23-17)15-5-2-4-13(20)12-15;/h2-6,11-12,14,21H,7-10H2,1H3;1H. The Morgan fingerprint density at radius 1 is 1.29 bits per heavy atom. The predicted octanol–water partition coefficient (Wildman–Crippen LogP) is 3.38. The monoisotopic (exact) mass is 421 g/mol. The van der Waals surface area contributed by atoms with Gasteiger partial charge in [-0.2, -0.15) is 0 Å². The molecule has 6 nitrogen and oxygen atoms in total. The number of piperidine rings is 1. The minimum atomic E-state index is -0.361. The van der Waals surface area contributed by atoms with Crippen LogP contribution >= 0.6 is 23.7 Å². The van der Waals surface area contributed by atoms with E-state index in [0.717, 1.165) is 30.8 Å². The van der Waals surface area contributed by atoms with E-state index in [9.17, 15) is 9.18 Å². The first kappa shape index (κ1) is 20.4. The minimum Gasteiger partial charge on any atom is -0.336 e. The molecule has 0 saturated carbocycles. The maximum absolute atomic E-state index is 13.7. The van der Waals surface area contributed by atoms with Gasteiger partial charge in [-0.15, -0.1) is 28.8 Å². The maximum Gasteiger partial charge on any atom is 0.293 e. The summed E-state index contributed by atoms with van der Waals surface area (Å²) in [7, 11) is 1.80. The number of hydrogen-bond acceptors (Lipinski definition) is 5. The second kappa shape index (κ2) is 8.81. The highest BCUT2D eigenvalue weighted by molar-refractivity contribution is 7.13. The molecule has 1 aliphatic heterocycles. The number of halogens is 2. The molecular weight excluding hydrogens is 401 g/mol. The first-order chi connectivity index (χ1) is 13.1. The van der Waals surface area contributed by atoms with Crippen LogP contribution in [0.5, 0.6) is 0 Å². The van der Waals surface area contributed by atoms with Crippen molar-refractivity contribution in [3.05, 3.63) is 53.4 Å². The summed E-state index contributed by atoms with van der Waals surface area (Å²) in [4.78, 5) is 20.1. The zero-order chi connectivity index (χ0) is 18.8. The van der Waals surface area contributed by atoms with Crippen molar-refractivity contribution in [2.45, 2.75) is 18.9 Å². The van der Waals surface area contributed by atoms with E-state index in [1.807, 2.05) is 17.5 Å². The molecular formula is C19H21ClFN5OS. The molecule has 1 aliphatic rings. The Hall–Kier alpha value is -2.29. The fourth-order valence-electron chi connectivity index (χ4n) is 3.27. The second-order valence-corrected chi connectivity index (χ2v) is 7.47. The van der Waals surface area contributed by atoms with Crippen LogP contribution in [0.4, 0.5) is 4.39 Å². The zero-order valence-corrected chi connectivity index (χ0v) is 17.0. The van der Waals surface area contributed by atoms with Gasteiger partial charge in [-0.05, 0) is 55.6 Å². The molecule has 0 aliphatic carbocycles. The lowest BCUT2D eigenvalue weighted by atomic mass is 10.1. The summed E-state index contributed by atoms with van der Waals surface area (Å²) in [6.45, 7) is 1.79. The van der Waals surface area contributed by atoms with Gasteiger partial charge in [0.2, 0.25) is 5.82 Å². The van der Waals surface area contributed by atoms with E-state index >= 15 is 0 Å². The molecule has 1 N–H and O–H groups in total. The van der Waals surface area contributed by atoms with E-state index in [-0.39, 0.29) is 36.0 Å². The van der Waals surface area contributed by atoms with Gasteiger partial charge in [0.25, 0.3) is 5.91 Å². The summed E-state index contributed by atoms with van der Waals surface area (Å²) in [5, 5.41) is 9.66. The molecule has 1 saturated heterocycles. The van der Waals surface area contributed by atoms with Crippen molar-refractivity contribution in [3.63, 3.8) is 0 Å². The molecule has 1 aromatic carbocycles. The van der Waals surface area contributed by atoms with Gasteiger partial charge in [-0.25, -0.2) is 14.1 Å². The largest absolute Gasteiger partial charge is 0.336 e. The topological polar surface area (TPSA) is 63.1 Å². The summed E-state index contributed by atoms with van der Waals surface area (Å²) in [6, 6.07) is 10.1. The molecule has 28 heavy (non-hydrogen) atoms. The first-order valence-electron chi connectivity index (χ1n) is 8.88. The molecule has 0 unspecified atom stereocenters. The van der Waals surface area contributed by atoms with Gasteiger partial charge in [-0.3, -0.25) is 4.79 Å². The van der Waals surface area contributed by atoms with Crippen molar-refractivity contribution in [2.75, 3.05) is 20.1 Å². The summed E-state index contributed by atoms with van der Waals surface area (Å²) in [6.07, 6.45) is 1.81. The molecule has 0 bridgehead atoms. The van der Waals surface area contributed by atoms with Crippen LogP contribution in [-0.2, 0) is 0 Å². The van der Waals surface area contributed by atoms with Crippen LogP contribution in [0.15, 0.2) is 41.8 Å². The minimum absolute atomic E-state index is 0. The number of thiophene rings is 1. The van der Waals surface area contributed by atoms with E-state index in [1.165, 1.54) is 23.5 Å². The van der Waals surface area contributed by atoms with E-state index in [1.54, 1.807) is 28.8 Å². The van der Waals surface area contributed by atoms with Crippen LogP contribution in [0, 0.1) is 5.82 Å². The van der Waals surface area contributed by atoms with Gasteiger partial charge < -0.3 is 10.2 Å². The Kier molecular flexibility index (Phi) is 6.43. The molecule has 2 aromatic heterocycles. The fourth-order valence-corrected chi connectivity index (χ4v) is 3.97. The van der Waals surface area contributed by atoms with Crippen molar-refractivity contribution >= 4 is 29.7 Å². The third kappa shape index (κ3) is 4.09. The fraction of sp³-hybridized carbons (Fsp3) is 0.316. The average Bonchev–Trinajstić information content (AvgIpc) is 3.37.